The largest absolute Gasteiger partial charge is 0.346 e. The van der Waals surface area contributed by atoms with Crippen molar-refractivity contribution >= 4 is 23.6 Å². The molecule has 0 aliphatic carbocycles. The van der Waals surface area contributed by atoms with E-state index in [0.29, 0.717) is 0 Å². The zero-order chi connectivity index (χ0) is 9.26. The van der Waals surface area contributed by atoms with E-state index in [4.69, 9.17) is 12.2 Å². The topological polar surface area (TPSA) is 15.8 Å². The highest BCUT2D eigenvalue weighted by Crippen LogP contribution is 2.25. The summed E-state index contributed by atoms with van der Waals surface area (Å²) in [4.78, 5) is 4.49. The van der Waals surface area contributed by atoms with Crippen LogP contribution in [0.2, 0.25) is 0 Å². The van der Waals surface area contributed by atoms with E-state index in [1.54, 1.807) is 11.3 Å². The van der Waals surface area contributed by atoms with Gasteiger partial charge < -0.3 is 4.98 Å². The van der Waals surface area contributed by atoms with Crippen LogP contribution in [0.5, 0.6) is 0 Å². The number of rotatable bonds is 1. The van der Waals surface area contributed by atoms with Gasteiger partial charge in [-0.1, -0.05) is 18.3 Å². The van der Waals surface area contributed by atoms with Crippen LogP contribution in [0.25, 0.3) is 11.3 Å². The lowest BCUT2D eigenvalue weighted by Crippen LogP contribution is -1.81. The maximum Gasteiger partial charge on any atom is 0.103 e. The molecule has 3 heteroatoms. The van der Waals surface area contributed by atoms with Gasteiger partial charge in [-0.25, -0.2) is 0 Å². The fourth-order valence-electron chi connectivity index (χ4n) is 1.27. The number of aryl methyl sites for hydroxylation is 1. The molecule has 0 atom stereocenters. The van der Waals surface area contributed by atoms with E-state index in [1.807, 2.05) is 18.2 Å². The lowest BCUT2D eigenvalue weighted by Gasteiger charge is -1.99. The summed E-state index contributed by atoms with van der Waals surface area (Å²) >= 11 is 6.82. The number of thiophene rings is 1. The Balaban J connectivity index is 2.59. The Morgan fingerprint density at radius 3 is 2.77 bits per heavy atom. The smallest absolute Gasteiger partial charge is 0.103 e. The molecule has 0 spiro atoms. The van der Waals surface area contributed by atoms with Gasteiger partial charge in [-0.2, -0.15) is 0 Å². The number of hydrogen-bond acceptors (Lipinski definition) is 2. The Hall–Kier alpha value is -0.930. The van der Waals surface area contributed by atoms with Crippen molar-refractivity contribution in [1.82, 2.24) is 4.98 Å². The number of H-pyrrole nitrogens is 1. The van der Waals surface area contributed by atoms with E-state index in [1.165, 1.54) is 10.4 Å². The zero-order valence-corrected chi connectivity index (χ0v) is 8.84. The van der Waals surface area contributed by atoms with Gasteiger partial charge in [0.1, 0.15) is 4.64 Å². The third-order valence-corrected chi connectivity index (χ3v) is 3.00. The number of nitrogens with one attached hydrogen (secondary N) is 1. The van der Waals surface area contributed by atoms with Gasteiger partial charge in [-0.05, 0) is 30.5 Å². The van der Waals surface area contributed by atoms with Crippen LogP contribution < -0.4 is 0 Å². The normalized spacial score (nSPS) is 10.2. The average Bonchev–Trinajstić information content (AvgIpc) is 2.51. The third kappa shape index (κ3) is 1.71. The van der Waals surface area contributed by atoms with E-state index >= 15 is 0 Å². The predicted octanol–water partition coefficient (Wildman–Crippen LogP) is 3.78. The van der Waals surface area contributed by atoms with Crippen molar-refractivity contribution in [1.29, 1.82) is 0 Å². The van der Waals surface area contributed by atoms with E-state index in [0.717, 1.165) is 10.3 Å². The maximum atomic E-state index is 5.06. The molecule has 1 N–H and O–H groups in total. The zero-order valence-electron chi connectivity index (χ0n) is 7.20. The van der Waals surface area contributed by atoms with Gasteiger partial charge in [0.15, 0.2) is 0 Å². The van der Waals surface area contributed by atoms with Crippen LogP contribution in [0.3, 0.4) is 0 Å². The van der Waals surface area contributed by atoms with E-state index < -0.39 is 0 Å². The van der Waals surface area contributed by atoms with Gasteiger partial charge in [0.25, 0.3) is 0 Å². The minimum Gasteiger partial charge on any atom is -0.346 e. The highest BCUT2D eigenvalue weighted by Gasteiger charge is 2.01. The van der Waals surface area contributed by atoms with Crippen molar-refractivity contribution in [3.8, 4) is 11.3 Å². The molecule has 0 amide bonds. The fraction of sp³-hybridized carbons (Fsp3) is 0.100. The molecule has 2 aromatic heterocycles. The maximum absolute atomic E-state index is 5.06. The van der Waals surface area contributed by atoms with Crippen molar-refractivity contribution in [2.75, 3.05) is 0 Å². The first-order chi connectivity index (χ1) is 6.27. The first kappa shape index (κ1) is 8.66. The summed E-state index contributed by atoms with van der Waals surface area (Å²) in [5.41, 5.74) is 2.35. The molecule has 66 valence electrons. The third-order valence-electron chi connectivity index (χ3n) is 1.92. The van der Waals surface area contributed by atoms with Gasteiger partial charge in [0.05, 0.1) is 0 Å². The van der Waals surface area contributed by atoms with Gasteiger partial charge in [-0.15, -0.1) is 11.3 Å². The van der Waals surface area contributed by atoms with Crippen molar-refractivity contribution < 1.29 is 0 Å². The number of aromatic amines is 1. The molecule has 2 aromatic rings. The number of pyridine rings is 1. The number of hydrogen-bond donors (Lipinski definition) is 1. The van der Waals surface area contributed by atoms with Gasteiger partial charge in [0, 0.05) is 16.1 Å². The lowest BCUT2D eigenvalue weighted by molar-refractivity contribution is 1.30. The predicted molar refractivity (Wildman–Crippen MR) is 59.7 cm³/mol. The second-order valence-electron chi connectivity index (χ2n) is 2.82. The molecule has 0 aliphatic heterocycles. The van der Waals surface area contributed by atoms with Crippen molar-refractivity contribution in [3.05, 3.63) is 39.2 Å². The molecule has 0 aliphatic rings. The molecule has 0 aromatic carbocycles. The second-order valence-corrected chi connectivity index (χ2v) is 4.38. The SMILES string of the molecule is Cc1sccc1-c1cccc(=S)[nH]1. The minimum absolute atomic E-state index is 0.781. The fourth-order valence-corrected chi connectivity index (χ4v) is 2.17. The summed E-state index contributed by atoms with van der Waals surface area (Å²) in [5.74, 6) is 0. The van der Waals surface area contributed by atoms with E-state index in [9.17, 15) is 0 Å². The van der Waals surface area contributed by atoms with Crippen molar-refractivity contribution in [2.24, 2.45) is 0 Å². The van der Waals surface area contributed by atoms with Gasteiger partial charge in [0.2, 0.25) is 0 Å². The molecule has 2 rings (SSSR count). The molecule has 1 nitrogen and oxygen atoms in total. The van der Waals surface area contributed by atoms with Crippen LogP contribution in [-0.2, 0) is 0 Å². The minimum atomic E-state index is 0.781. The molecule has 0 saturated heterocycles. The highest BCUT2D eigenvalue weighted by atomic mass is 32.1. The van der Waals surface area contributed by atoms with Crippen LogP contribution in [0, 0.1) is 11.6 Å². The molecule has 0 unspecified atom stereocenters. The molecule has 2 heterocycles. The van der Waals surface area contributed by atoms with Crippen molar-refractivity contribution in [2.45, 2.75) is 6.92 Å². The Morgan fingerprint density at radius 1 is 1.31 bits per heavy atom. The Bertz CT molecular complexity index is 468. The summed E-state index contributed by atoms with van der Waals surface area (Å²) in [5, 5.41) is 2.09. The molecule has 0 radical (unpaired) electrons. The highest BCUT2D eigenvalue weighted by molar-refractivity contribution is 7.71. The van der Waals surface area contributed by atoms with Crippen LogP contribution in [0.1, 0.15) is 4.88 Å². The van der Waals surface area contributed by atoms with Crippen LogP contribution >= 0.6 is 23.6 Å². The van der Waals surface area contributed by atoms with E-state index in [2.05, 4.69) is 23.4 Å². The second kappa shape index (κ2) is 3.44. The molecule has 0 bridgehead atoms. The Morgan fingerprint density at radius 2 is 2.15 bits per heavy atom. The van der Waals surface area contributed by atoms with Gasteiger partial charge >= 0.3 is 0 Å². The Kier molecular flexibility index (Phi) is 2.29. The number of aromatic nitrogens is 1. The van der Waals surface area contributed by atoms with Gasteiger partial charge in [-0.3, -0.25) is 0 Å². The molecule has 0 fully saturated rings. The molecule has 0 saturated carbocycles. The molecule has 13 heavy (non-hydrogen) atoms. The average molecular weight is 207 g/mol. The standard InChI is InChI=1S/C10H9NS2/c1-7-8(5-6-13-7)9-3-2-4-10(12)11-9/h2-6H,1H3,(H,11,12). The summed E-state index contributed by atoms with van der Waals surface area (Å²) in [6.45, 7) is 2.11. The molecular weight excluding hydrogens is 198 g/mol. The summed E-state index contributed by atoms with van der Waals surface area (Å²) < 4.78 is 0.781. The lowest BCUT2D eigenvalue weighted by atomic mass is 10.2. The molecular formula is C10H9NS2. The van der Waals surface area contributed by atoms with Crippen LogP contribution in [0.15, 0.2) is 29.6 Å². The Labute approximate surface area is 86.1 Å². The summed E-state index contributed by atoms with van der Waals surface area (Å²) in [6.07, 6.45) is 0. The van der Waals surface area contributed by atoms with Crippen LogP contribution in [-0.4, -0.2) is 4.98 Å². The quantitative estimate of drug-likeness (QED) is 0.704. The summed E-state index contributed by atoms with van der Waals surface area (Å²) in [7, 11) is 0. The summed E-state index contributed by atoms with van der Waals surface area (Å²) in [6, 6.07) is 8.03. The first-order valence-corrected chi connectivity index (χ1v) is 5.30. The monoisotopic (exact) mass is 207 g/mol. The first-order valence-electron chi connectivity index (χ1n) is 4.01. The van der Waals surface area contributed by atoms with Crippen molar-refractivity contribution in [3.63, 3.8) is 0 Å². The van der Waals surface area contributed by atoms with E-state index in [-0.39, 0.29) is 0 Å². The van der Waals surface area contributed by atoms with Crippen LogP contribution in [0.4, 0.5) is 0 Å².